The second-order valence-electron chi connectivity index (χ2n) is 17.7. The van der Waals surface area contributed by atoms with Crippen LogP contribution in [-0.4, -0.2) is 0 Å². The third-order valence-corrected chi connectivity index (χ3v) is 13.5. The second-order valence-corrected chi connectivity index (χ2v) is 17.7. The molecule has 1 fully saturated rings. The molecule has 4 N–H and O–H groups in total. The van der Waals surface area contributed by atoms with E-state index in [1.54, 1.807) is 0 Å². The number of rotatable bonds is 25. The Morgan fingerprint density at radius 2 is 0.750 bits per heavy atom. The molecule has 1 aliphatic carbocycles. The van der Waals surface area contributed by atoms with Crippen molar-refractivity contribution in [1.29, 1.82) is 0 Å². The largest absolute Gasteiger partial charge is 0.399 e. The van der Waals surface area contributed by atoms with Gasteiger partial charge < -0.3 is 11.5 Å². The molecule has 304 valence electrons. The number of hydrogen-bond donors (Lipinski definition) is 2. The van der Waals surface area contributed by atoms with E-state index < -0.39 is 0 Å². The quantitative estimate of drug-likeness (QED) is 0.0523. The van der Waals surface area contributed by atoms with Crippen molar-refractivity contribution >= 4 is 11.4 Å². The van der Waals surface area contributed by atoms with Crippen LogP contribution in [0.5, 0.6) is 0 Å². The van der Waals surface area contributed by atoms with E-state index in [9.17, 15) is 0 Å². The van der Waals surface area contributed by atoms with E-state index in [-0.39, 0.29) is 5.41 Å². The van der Waals surface area contributed by atoms with Crippen LogP contribution in [0.4, 0.5) is 11.4 Å². The third kappa shape index (κ3) is 12.7. The van der Waals surface area contributed by atoms with Gasteiger partial charge in [0.2, 0.25) is 0 Å². The first-order valence-electron chi connectivity index (χ1n) is 23.4. The van der Waals surface area contributed by atoms with Crippen molar-refractivity contribution in [1.82, 2.24) is 0 Å². The fourth-order valence-electron chi connectivity index (χ4n) is 9.90. The number of hydrogen-bond acceptors (Lipinski definition) is 2. The molecule has 56 heavy (non-hydrogen) atoms. The minimum atomic E-state index is 0.0580. The first kappa shape index (κ1) is 43.6. The van der Waals surface area contributed by atoms with Gasteiger partial charge in [0.1, 0.15) is 0 Å². The summed E-state index contributed by atoms with van der Waals surface area (Å²) in [6, 6.07) is 37.3. The lowest BCUT2D eigenvalue weighted by atomic mass is 9.62. The van der Waals surface area contributed by atoms with Crippen LogP contribution in [-0.2, 0) is 5.41 Å². The Hall–Kier alpha value is -3.52. The normalized spacial score (nSPS) is 18.2. The van der Waals surface area contributed by atoms with E-state index in [0.717, 1.165) is 17.3 Å². The summed E-state index contributed by atoms with van der Waals surface area (Å²) in [5.41, 5.74) is 22.7. The Kier molecular flexibility index (Phi) is 18.4. The van der Waals surface area contributed by atoms with Crippen molar-refractivity contribution in [2.24, 2.45) is 5.92 Å². The van der Waals surface area contributed by atoms with Crippen molar-refractivity contribution < 1.29 is 0 Å². The summed E-state index contributed by atoms with van der Waals surface area (Å²) in [7, 11) is 0. The van der Waals surface area contributed by atoms with Gasteiger partial charge in [-0.2, -0.15) is 0 Å². The lowest BCUT2D eigenvalue weighted by Gasteiger charge is -2.42. The monoisotopic (exact) mass is 755 g/mol. The standard InChI is InChI=1S/C54H78N2/c1-4-7-10-13-14-15-16-17-20-43-39-41-54(42-40-43,48-31-23-44(24-32-48)52(21-18-11-8-5-2)46-27-35-50(55)36-28-46)49-33-25-45(26-34-49)53(22-19-12-9-6-3)47-29-37-51(56)38-30-47/h23-38,43,52-53H,4-22,39-42,55-56H2,1-3H3. The number of benzene rings is 4. The molecule has 0 aromatic heterocycles. The van der Waals surface area contributed by atoms with Crippen molar-refractivity contribution in [3.63, 3.8) is 0 Å². The number of nitrogen functional groups attached to an aromatic ring is 2. The van der Waals surface area contributed by atoms with Gasteiger partial charge in [-0.3, -0.25) is 0 Å². The lowest BCUT2D eigenvalue weighted by molar-refractivity contribution is 0.250. The highest BCUT2D eigenvalue weighted by Gasteiger charge is 2.38. The molecular weight excluding hydrogens is 677 g/mol. The average Bonchev–Trinajstić information content (AvgIpc) is 3.23. The maximum absolute atomic E-state index is 6.14. The van der Waals surface area contributed by atoms with Gasteiger partial charge >= 0.3 is 0 Å². The predicted molar refractivity (Wildman–Crippen MR) is 246 cm³/mol. The Bertz CT molecular complexity index is 1500. The van der Waals surface area contributed by atoms with Crippen LogP contribution in [0.1, 0.15) is 214 Å². The lowest BCUT2D eigenvalue weighted by Crippen LogP contribution is -2.33. The van der Waals surface area contributed by atoms with Crippen molar-refractivity contribution in [2.45, 2.75) is 186 Å². The van der Waals surface area contributed by atoms with E-state index in [1.807, 2.05) is 0 Å². The first-order valence-corrected chi connectivity index (χ1v) is 23.4. The highest BCUT2D eigenvalue weighted by molar-refractivity contribution is 5.47. The molecule has 1 aliphatic rings. The van der Waals surface area contributed by atoms with Gasteiger partial charge in [-0.25, -0.2) is 0 Å². The van der Waals surface area contributed by atoms with E-state index in [2.05, 4.69) is 118 Å². The smallest absolute Gasteiger partial charge is 0.0314 e. The zero-order valence-electron chi connectivity index (χ0n) is 35.9. The molecule has 2 atom stereocenters. The molecule has 0 aliphatic heterocycles. The summed E-state index contributed by atoms with van der Waals surface area (Å²) >= 11 is 0. The summed E-state index contributed by atoms with van der Waals surface area (Å²) < 4.78 is 0. The molecular formula is C54H78N2. The van der Waals surface area contributed by atoms with Gasteiger partial charge in [0.15, 0.2) is 0 Å². The molecule has 2 unspecified atom stereocenters. The molecule has 4 aromatic carbocycles. The predicted octanol–water partition coefficient (Wildman–Crippen LogP) is 16.1. The Balaban J connectivity index is 1.38. The van der Waals surface area contributed by atoms with Gasteiger partial charge in [0.05, 0.1) is 0 Å². The minimum Gasteiger partial charge on any atom is -0.399 e. The van der Waals surface area contributed by atoms with Crippen LogP contribution in [0.15, 0.2) is 97.1 Å². The van der Waals surface area contributed by atoms with Crippen LogP contribution >= 0.6 is 0 Å². The van der Waals surface area contributed by atoms with Crippen molar-refractivity contribution in [3.05, 3.63) is 130 Å². The highest BCUT2D eigenvalue weighted by atomic mass is 14.5. The Morgan fingerprint density at radius 3 is 1.12 bits per heavy atom. The summed E-state index contributed by atoms with van der Waals surface area (Å²) in [6.45, 7) is 6.92. The van der Waals surface area contributed by atoms with Crippen LogP contribution in [0.3, 0.4) is 0 Å². The Labute approximate surface area is 343 Å². The van der Waals surface area contributed by atoms with Crippen LogP contribution in [0, 0.1) is 5.92 Å². The molecule has 2 nitrogen and oxygen atoms in total. The SMILES string of the molecule is CCCCCCCCCCC1CCC(c2ccc(C(CCCCCC)c3ccc(N)cc3)cc2)(c2ccc(C(CCCCCC)c3ccc(N)cc3)cc2)CC1. The maximum atomic E-state index is 6.14. The first-order chi connectivity index (χ1) is 27.5. The number of anilines is 2. The zero-order chi connectivity index (χ0) is 39.4. The van der Waals surface area contributed by atoms with Gasteiger partial charge in [-0.15, -0.1) is 0 Å². The van der Waals surface area contributed by atoms with Gasteiger partial charge in [-0.05, 0) is 102 Å². The van der Waals surface area contributed by atoms with Gasteiger partial charge in [0, 0.05) is 28.6 Å². The minimum absolute atomic E-state index is 0.0580. The molecule has 0 bridgehead atoms. The summed E-state index contributed by atoms with van der Waals surface area (Å²) in [5.74, 6) is 1.67. The van der Waals surface area contributed by atoms with Gasteiger partial charge in [0.25, 0.3) is 0 Å². The van der Waals surface area contributed by atoms with E-state index >= 15 is 0 Å². The van der Waals surface area contributed by atoms with Crippen LogP contribution < -0.4 is 11.5 Å². The molecule has 2 heteroatoms. The molecule has 0 saturated heterocycles. The second kappa shape index (κ2) is 23.6. The third-order valence-electron chi connectivity index (χ3n) is 13.5. The van der Waals surface area contributed by atoms with Crippen molar-refractivity contribution in [3.8, 4) is 0 Å². The van der Waals surface area contributed by atoms with E-state index in [1.165, 1.54) is 181 Å². The van der Waals surface area contributed by atoms with E-state index in [4.69, 9.17) is 11.5 Å². The zero-order valence-corrected chi connectivity index (χ0v) is 35.9. The number of unbranched alkanes of at least 4 members (excludes halogenated alkanes) is 13. The summed E-state index contributed by atoms with van der Waals surface area (Å²) in [6.07, 6.45) is 30.5. The van der Waals surface area contributed by atoms with Crippen LogP contribution in [0.25, 0.3) is 0 Å². The molecule has 5 rings (SSSR count). The van der Waals surface area contributed by atoms with Gasteiger partial charge in [-0.1, -0.05) is 203 Å². The number of nitrogens with two attached hydrogens (primary N) is 2. The summed E-state index contributed by atoms with van der Waals surface area (Å²) in [5, 5.41) is 0. The van der Waals surface area contributed by atoms with Crippen LogP contribution in [0.2, 0.25) is 0 Å². The molecule has 4 aromatic rings. The highest BCUT2D eigenvalue weighted by Crippen LogP contribution is 2.48. The van der Waals surface area contributed by atoms with Crippen molar-refractivity contribution in [2.75, 3.05) is 11.5 Å². The fraction of sp³-hybridized carbons (Fsp3) is 0.556. The summed E-state index contributed by atoms with van der Waals surface area (Å²) in [4.78, 5) is 0. The topological polar surface area (TPSA) is 52.0 Å². The van der Waals surface area contributed by atoms with E-state index in [0.29, 0.717) is 11.8 Å². The molecule has 1 saturated carbocycles. The average molecular weight is 755 g/mol. The molecule has 0 heterocycles. The Morgan fingerprint density at radius 1 is 0.429 bits per heavy atom. The molecule has 0 amide bonds. The molecule has 0 spiro atoms. The maximum Gasteiger partial charge on any atom is 0.0314 e. The molecule has 0 radical (unpaired) electrons. The fourth-order valence-corrected chi connectivity index (χ4v) is 9.90.